The van der Waals surface area contributed by atoms with Crippen LogP contribution in [0.4, 0.5) is 4.39 Å². The minimum absolute atomic E-state index is 0.210. The molecule has 1 spiro atoms. The molecule has 0 amide bonds. The van der Waals surface area contributed by atoms with Gasteiger partial charge in [0.1, 0.15) is 18.0 Å². The monoisotopic (exact) mass is 388 g/mol. The minimum atomic E-state index is -0.580. The second-order valence-corrected chi connectivity index (χ2v) is 8.25. The Balaban J connectivity index is 1.53. The third kappa shape index (κ3) is 3.66. The van der Waals surface area contributed by atoms with Gasteiger partial charge in [0, 0.05) is 26.2 Å². The molecule has 8 heteroatoms. The van der Waals surface area contributed by atoms with E-state index in [1.54, 1.807) is 6.07 Å². The lowest BCUT2D eigenvalue weighted by atomic mass is 10.0. The molecular formula is C20H25FN4O3. The van der Waals surface area contributed by atoms with Crippen LogP contribution in [0.3, 0.4) is 0 Å². The van der Waals surface area contributed by atoms with Gasteiger partial charge in [0.25, 0.3) is 0 Å². The number of hydrogen-bond acceptors (Lipinski definition) is 5. The highest BCUT2D eigenvalue weighted by molar-refractivity contribution is 5.16. The maximum absolute atomic E-state index is 13.4. The molecule has 2 aromatic rings. The van der Waals surface area contributed by atoms with Crippen molar-refractivity contribution in [2.45, 2.75) is 52.1 Å². The van der Waals surface area contributed by atoms with Crippen molar-refractivity contribution in [2.24, 2.45) is 5.92 Å². The van der Waals surface area contributed by atoms with Gasteiger partial charge in [-0.3, -0.25) is 19.1 Å². The Kier molecular flexibility index (Phi) is 4.93. The van der Waals surface area contributed by atoms with Crippen molar-refractivity contribution in [1.82, 2.24) is 19.2 Å². The highest BCUT2D eigenvalue weighted by Gasteiger charge is 2.43. The summed E-state index contributed by atoms with van der Waals surface area (Å²) in [5.41, 5.74) is -0.715. The number of hydrogen-bond donors (Lipinski definition) is 0. The van der Waals surface area contributed by atoms with Crippen molar-refractivity contribution in [3.8, 4) is 0 Å². The molecular weight excluding hydrogens is 363 g/mol. The van der Waals surface area contributed by atoms with Gasteiger partial charge in [0.15, 0.2) is 5.82 Å². The van der Waals surface area contributed by atoms with Gasteiger partial charge in [-0.25, -0.2) is 9.07 Å². The first kappa shape index (κ1) is 19.0. The highest BCUT2D eigenvalue weighted by atomic mass is 19.1. The first-order chi connectivity index (χ1) is 13.3. The molecule has 0 radical (unpaired) electrons. The van der Waals surface area contributed by atoms with Crippen LogP contribution < -0.4 is 11.1 Å². The van der Waals surface area contributed by atoms with E-state index in [0.717, 1.165) is 18.5 Å². The number of likely N-dealkylation sites (tertiary alicyclic amines) is 1. The SMILES string of the molecule is CC(C)Cn1nc2n(c(=O)c1=O)C[C@@]1(CCN(Cc3cccc(F)c3)C1)OC2. The van der Waals surface area contributed by atoms with Crippen molar-refractivity contribution in [3.63, 3.8) is 0 Å². The van der Waals surface area contributed by atoms with Gasteiger partial charge in [-0.2, -0.15) is 5.10 Å². The molecule has 1 saturated heterocycles. The fourth-order valence-electron chi connectivity index (χ4n) is 4.08. The number of nitrogens with zero attached hydrogens (tertiary/aromatic N) is 4. The number of aromatic nitrogens is 3. The molecule has 0 N–H and O–H groups in total. The molecule has 2 aliphatic rings. The van der Waals surface area contributed by atoms with Gasteiger partial charge in [0.05, 0.1) is 6.54 Å². The second kappa shape index (κ2) is 7.25. The fourth-order valence-corrected chi connectivity index (χ4v) is 4.08. The molecule has 0 aliphatic carbocycles. The van der Waals surface area contributed by atoms with E-state index < -0.39 is 16.7 Å². The zero-order valence-electron chi connectivity index (χ0n) is 16.2. The maximum Gasteiger partial charge on any atom is 0.332 e. The van der Waals surface area contributed by atoms with Crippen LogP contribution in [-0.2, 0) is 31.0 Å². The quantitative estimate of drug-likeness (QED) is 0.740. The minimum Gasteiger partial charge on any atom is -0.364 e. The molecule has 28 heavy (non-hydrogen) atoms. The normalized spacial score (nSPS) is 22.1. The van der Waals surface area contributed by atoms with Crippen LogP contribution in [0.15, 0.2) is 33.9 Å². The summed E-state index contributed by atoms with van der Waals surface area (Å²) in [6.07, 6.45) is 0.753. The Morgan fingerprint density at radius 3 is 2.82 bits per heavy atom. The van der Waals surface area contributed by atoms with Crippen LogP contribution in [0, 0.1) is 11.7 Å². The Morgan fingerprint density at radius 2 is 2.07 bits per heavy atom. The topological polar surface area (TPSA) is 69.4 Å². The standard InChI is InChI=1S/C20H25FN4O3/c1-14(2)9-25-19(27)18(26)24-13-20(28-11-17(24)22-25)6-7-23(12-20)10-15-4-3-5-16(21)8-15/h3-5,8,14H,6-7,9-13H2,1-2H3/t20-/m0/s1. The lowest BCUT2D eigenvalue weighted by Gasteiger charge is -2.35. The van der Waals surface area contributed by atoms with Gasteiger partial charge >= 0.3 is 11.1 Å². The lowest BCUT2D eigenvalue weighted by Crippen LogP contribution is -2.53. The van der Waals surface area contributed by atoms with Gasteiger partial charge in [-0.05, 0) is 30.0 Å². The molecule has 7 nitrogen and oxygen atoms in total. The maximum atomic E-state index is 13.4. The van der Waals surface area contributed by atoms with Crippen molar-refractivity contribution >= 4 is 0 Å². The molecule has 0 unspecified atom stereocenters. The summed E-state index contributed by atoms with van der Waals surface area (Å²) in [5, 5.41) is 4.35. The number of halogens is 1. The van der Waals surface area contributed by atoms with Gasteiger partial charge in [-0.1, -0.05) is 26.0 Å². The summed E-state index contributed by atoms with van der Waals surface area (Å²) in [6, 6.07) is 6.57. The van der Waals surface area contributed by atoms with Crippen molar-refractivity contribution in [3.05, 3.63) is 62.2 Å². The molecule has 3 heterocycles. The van der Waals surface area contributed by atoms with Crippen LogP contribution in [0.1, 0.15) is 31.7 Å². The zero-order valence-corrected chi connectivity index (χ0v) is 16.2. The molecule has 150 valence electrons. The van der Waals surface area contributed by atoms with Crippen LogP contribution in [0.2, 0.25) is 0 Å². The van der Waals surface area contributed by atoms with Crippen LogP contribution in [0.5, 0.6) is 0 Å². The Morgan fingerprint density at radius 1 is 1.25 bits per heavy atom. The number of ether oxygens (including phenoxy) is 1. The molecule has 1 aromatic carbocycles. The van der Waals surface area contributed by atoms with Crippen molar-refractivity contribution in [2.75, 3.05) is 13.1 Å². The summed E-state index contributed by atoms with van der Waals surface area (Å²) in [4.78, 5) is 27.2. The van der Waals surface area contributed by atoms with E-state index in [9.17, 15) is 14.0 Å². The van der Waals surface area contributed by atoms with E-state index in [2.05, 4.69) is 10.00 Å². The average molecular weight is 388 g/mol. The average Bonchev–Trinajstić information content (AvgIpc) is 3.02. The zero-order chi connectivity index (χ0) is 19.9. The van der Waals surface area contributed by atoms with E-state index in [1.165, 1.54) is 21.4 Å². The second-order valence-electron chi connectivity index (χ2n) is 8.25. The summed E-state index contributed by atoms with van der Waals surface area (Å²) in [7, 11) is 0. The van der Waals surface area contributed by atoms with E-state index in [0.29, 0.717) is 32.0 Å². The highest BCUT2D eigenvalue weighted by Crippen LogP contribution is 2.31. The molecule has 1 aromatic heterocycles. The summed E-state index contributed by atoms with van der Waals surface area (Å²) >= 11 is 0. The Bertz CT molecular complexity index is 1000. The van der Waals surface area contributed by atoms with E-state index in [4.69, 9.17) is 4.74 Å². The summed E-state index contributed by atoms with van der Waals surface area (Å²) < 4.78 is 22.3. The van der Waals surface area contributed by atoms with E-state index >= 15 is 0 Å². The lowest BCUT2D eigenvalue weighted by molar-refractivity contribution is -0.0859. The first-order valence-electron chi connectivity index (χ1n) is 9.67. The summed E-state index contributed by atoms with van der Waals surface area (Å²) in [5.74, 6) is 0.471. The van der Waals surface area contributed by atoms with Crippen molar-refractivity contribution in [1.29, 1.82) is 0 Å². The molecule has 1 fully saturated rings. The molecule has 0 saturated carbocycles. The molecule has 4 rings (SSSR count). The predicted molar refractivity (Wildman–Crippen MR) is 101 cm³/mol. The largest absolute Gasteiger partial charge is 0.364 e. The number of fused-ring (bicyclic) bond motifs is 1. The first-order valence-corrected chi connectivity index (χ1v) is 9.67. The summed E-state index contributed by atoms with van der Waals surface area (Å²) in [6.45, 7) is 6.94. The Labute approximate surface area is 162 Å². The third-order valence-corrected chi connectivity index (χ3v) is 5.39. The third-order valence-electron chi connectivity index (χ3n) is 5.39. The smallest absolute Gasteiger partial charge is 0.332 e. The molecule has 0 bridgehead atoms. The van der Waals surface area contributed by atoms with Gasteiger partial charge in [0.2, 0.25) is 0 Å². The fraction of sp³-hybridized carbons (Fsp3) is 0.550. The van der Waals surface area contributed by atoms with Crippen LogP contribution in [-0.4, -0.2) is 37.9 Å². The van der Waals surface area contributed by atoms with Gasteiger partial charge in [-0.15, -0.1) is 0 Å². The van der Waals surface area contributed by atoms with E-state index in [1.807, 2.05) is 19.9 Å². The van der Waals surface area contributed by atoms with Crippen LogP contribution in [0.25, 0.3) is 0 Å². The molecule has 1 atom stereocenters. The van der Waals surface area contributed by atoms with Crippen molar-refractivity contribution < 1.29 is 9.13 Å². The van der Waals surface area contributed by atoms with E-state index in [-0.39, 0.29) is 18.3 Å². The molecule has 2 aliphatic heterocycles. The van der Waals surface area contributed by atoms with Crippen LogP contribution >= 0.6 is 0 Å². The number of rotatable bonds is 4. The van der Waals surface area contributed by atoms with Gasteiger partial charge < -0.3 is 4.74 Å². The Hall–Kier alpha value is -2.32. The predicted octanol–water partition coefficient (Wildman–Crippen LogP) is 1.37. The number of benzene rings is 1.